The highest BCUT2D eigenvalue weighted by Crippen LogP contribution is 2.31. The second-order valence-electron chi connectivity index (χ2n) is 6.03. The van der Waals surface area contributed by atoms with Gasteiger partial charge >= 0.3 is 0 Å². The topological polar surface area (TPSA) is 49.4 Å². The van der Waals surface area contributed by atoms with Crippen LogP contribution < -0.4 is 5.32 Å². The number of likely N-dealkylation sites (tertiary alicyclic amines) is 1. The van der Waals surface area contributed by atoms with Crippen LogP contribution in [0.4, 0.5) is 0 Å². The highest BCUT2D eigenvalue weighted by molar-refractivity contribution is 6.06. The molecule has 1 saturated heterocycles. The smallest absolute Gasteiger partial charge is 0.247 e. The SMILES string of the molecule is CC(C)(C)CNC1CC(=O)N(C2CC2)C1=O. The van der Waals surface area contributed by atoms with Gasteiger partial charge in [0, 0.05) is 12.6 Å². The van der Waals surface area contributed by atoms with Crippen molar-refractivity contribution in [3.05, 3.63) is 0 Å². The maximum atomic E-state index is 12.0. The highest BCUT2D eigenvalue weighted by Gasteiger charge is 2.45. The van der Waals surface area contributed by atoms with Crippen molar-refractivity contribution in [2.45, 2.75) is 52.1 Å². The molecule has 2 rings (SSSR count). The van der Waals surface area contributed by atoms with Gasteiger partial charge in [0.15, 0.2) is 0 Å². The van der Waals surface area contributed by atoms with Gasteiger partial charge in [-0.15, -0.1) is 0 Å². The Morgan fingerprint density at radius 2 is 1.94 bits per heavy atom. The molecular formula is C12H20N2O2. The van der Waals surface area contributed by atoms with E-state index in [4.69, 9.17) is 0 Å². The number of hydrogen-bond acceptors (Lipinski definition) is 3. The summed E-state index contributed by atoms with van der Waals surface area (Å²) < 4.78 is 0. The summed E-state index contributed by atoms with van der Waals surface area (Å²) in [4.78, 5) is 25.1. The van der Waals surface area contributed by atoms with Gasteiger partial charge in [-0.3, -0.25) is 14.5 Å². The van der Waals surface area contributed by atoms with Crippen LogP contribution in [-0.4, -0.2) is 35.3 Å². The second-order valence-corrected chi connectivity index (χ2v) is 6.03. The second kappa shape index (κ2) is 3.84. The zero-order valence-electron chi connectivity index (χ0n) is 10.2. The molecular weight excluding hydrogens is 204 g/mol. The van der Waals surface area contributed by atoms with Gasteiger partial charge in [-0.05, 0) is 18.3 Å². The molecule has 4 heteroatoms. The monoisotopic (exact) mass is 224 g/mol. The van der Waals surface area contributed by atoms with Gasteiger partial charge in [-0.2, -0.15) is 0 Å². The van der Waals surface area contributed by atoms with E-state index in [9.17, 15) is 9.59 Å². The molecule has 0 spiro atoms. The Morgan fingerprint density at radius 3 is 2.44 bits per heavy atom. The van der Waals surface area contributed by atoms with Gasteiger partial charge in [-0.25, -0.2) is 0 Å². The van der Waals surface area contributed by atoms with Gasteiger partial charge in [0.2, 0.25) is 11.8 Å². The van der Waals surface area contributed by atoms with E-state index >= 15 is 0 Å². The first-order chi connectivity index (χ1) is 7.38. The lowest BCUT2D eigenvalue weighted by atomic mass is 9.96. The molecule has 4 nitrogen and oxygen atoms in total. The molecule has 2 aliphatic rings. The lowest BCUT2D eigenvalue weighted by Gasteiger charge is -2.21. The summed E-state index contributed by atoms with van der Waals surface area (Å²) in [7, 11) is 0. The molecule has 0 aromatic rings. The largest absolute Gasteiger partial charge is 0.305 e. The minimum Gasteiger partial charge on any atom is -0.305 e. The third kappa shape index (κ3) is 2.43. The van der Waals surface area contributed by atoms with Crippen molar-refractivity contribution in [2.75, 3.05) is 6.54 Å². The summed E-state index contributed by atoms with van der Waals surface area (Å²) in [5.74, 6) is -0.0179. The van der Waals surface area contributed by atoms with Gasteiger partial charge < -0.3 is 5.32 Å². The zero-order chi connectivity index (χ0) is 11.9. The van der Waals surface area contributed by atoms with Crippen LogP contribution in [-0.2, 0) is 9.59 Å². The van der Waals surface area contributed by atoms with E-state index in [1.54, 1.807) is 0 Å². The van der Waals surface area contributed by atoms with E-state index < -0.39 is 0 Å². The minimum atomic E-state index is -0.285. The molecule has 90 valence electrons. The quantitative estimate of drug-likeness (QED) is 0.725. The maximum Gasteiger partial charge on any atom is 0.247 e. The zero-order valence-corrected chi connectivity index (χ0v) is 10.2. The molecule has 1 heterocycles. The van der Waals surface area contributed by atoms with Crippen molar-refractivity contribution in [1.29, 1.82) is 0 Å². The molecule has 1 atom stereocenters. The molecule has 2 fully saturated rings. The van der Waals surface area contributed by atoms with Crippen molar-refractivity contribution < 1.29 is 9.59 Å². The molecule has 2 amide bonds. The minimum absolute atomic E-state index is 0.00101. The first-order valence-electron chi connectivity index (χ1n) is 5.98. The van der Waals surface area contributed by atoms with Crippen LogP contribution in [0.25, 0.3) is 0 Å². The van der Waals surface area contributed by atoms with E-state index in [0.29, 0.717) is 6.42 Å². The van der Waals surface area contributed by atoms with Crippen LogP contribution in [0.1, 0.15) is 40.0 Å². The summed E-state index contributed by atoms with van der Waals surface area (Å²) >= 11 is 0. The Balaban J connectivity index is 1.92. The number of hydrogen-bond donors (Lipinski definition) is 1. The lowest BCUT2D eigenvalue weighted by Crippen LogP contribution is -2.42. The molecule has 0 aromatic carbocycles. The van der Waals surface area contributed by atoms with Crippen molar-refractivity contribution in [1.82, 2.24) is 10.2 Å². The third-order valence-corrected chi connectivity index (χ3v) is 2.97. The fourth-order valence-electron chi connectivity index (χ4n) is 1.96. The fraction of sp³-hybridized carbons (Fsp3) is 0.833. The van der Waals surface area contributed by atoms with Gasteiger partial charge in [-0.1, -0.05) is 20.8 Å². The maximum absolute atomic E-state index is 12.0. The van der Waals surface area contributed by atoms with Crippen molar-refractivity contribution >= 4 is 11.8 Å². The van der Waals surface area contributed by atoms with E-state index in [0.717, 1.165) is 19.4 Å². The van der Waals surface area contributed by atoms with Crippen LogP contribution in [0.15, 0.2) is 0 Å². The number of rotatable bonds is 3. The molecule has 1 aliphatic heterocycles. The Hall–Kier alpha value is -0.900. The average molecular weight is 224 g/mol. The predicted octanol–water partition coefficient (Wildman–Crippen LogP) is 0.912. The molecule has 1 aliphatic carbocycles. The van der Waals surface area contributed by atoms with Crippen molar-refractivity contribution in [2.24, 2.45) is 5.41 Å². The molecule has 1 N–H and O–H groups in total. The van der Waals surface area contributed by atoms with Gasteiger partial charge in [0.1, 0.15) is 0 Å². The Kier molecular flexibility index (Phi) is 2.78. The summed E-state index contributed by atoms with van der Waals surface area (Å²) in [6, 6.07) is -0.0752. The number of nitrogens with zero attached hydrogens (tertiary/aromatic N) is 1. The predicted molar refractivity (Wildman–Crippen MR) is 60.7 cm³/mol. The number of carbonyl (C=O) groups is 2. The third-order valence-electron chi connectivity index (χ3n) is 2.97. The summed E-state index contributed by atoms with van der Waals surface area (Å²) in [6.45, 7) is 7.09. The fourth-order valence-corrected chi connectivity index (χ4v) is 1.96. The van der Waals surface area contributed by atoms with Crippen LogP contribution >= 0.6 is 0 Å². The summed E-state index contributed by atoms with van der Waals surface area (Å²) in [6.07, 6.45) is 2.32. The molecule has 1 unspecified atom stereocenters. The van der Waals surface area contributed by atoms with Crippen molar-refractivity contribution in [3.8, 4) is 0 Å². The average Bonchev–Trinajstić information content (AvgIpc) is 2.91. The summed E-state index contributed by atoms with van der Waals surface area (Å²) in [5.41, 5.74) is 0.135. The molecule has 0 radical (unpaired) electrons. The number of carbonyl (C=O) groups excluding carboxylic acids is 2. The molecule has 16 heavy (non-hydrogen) atoms. The number of nitrogens with one attached hydrogen (secondary N) is 1. The Labute approximate surface area is 96.4 Å². The number of amides is 2. The molecule has 1 saturated carbocycles. The van der Waals surface area contributed by atoms with Crippen LogP contribution in [0.2, 0.25) is 0 Å². The van der Waals surface area contributed by atoms with Crippen LogP contribution in [0.5, 0.6) is 0 Å². The Bertz CT molecular complexity index is 315. The van der Waals surface area contributed by atoms with Gasteiger partial charge in [0.05, 0.1) is 12.5 Å². The lowest BCUT2D eigenvalue weighted by molar-refractivity contribution is -0.139. The van der Waals surface area contributed by atoms with Gasteiger partial charge in [0.25, 0.3) is 0 Å². The van der Waals surface area contributed by atoms with E-state index in [2.05, 4.69) is 26.1 Å². The van der Waals surface area contributed by atoms with E-state index in [1.165, 1.54) is 4.90 Å². The first-order valence-corrected chi connectivity index (χ1v) is 5.98. The normalized spacial score (nSPS) is 26.7. The Morgan fingerprint density at radius 1 is 1.31 bits per heavy atom. The highest BCUT2D eigenvalue weighted by atomic mass is 16.2. The molecule has 0 bridgehead atoms. The van der Waals surface area contributed by atoms with Crippen LogP contribution in [0.3, 0.4) is 0 Å². The van der Waals surface area contributed by atoms with E-state index in [1.807, 2.05) is 0 Å². The van der Waals surface area contributed by atoms with E-state index in [-0.39, 0.29) is 29.3 Å². The van der Waals surface area contributed by atoms with Crippen LogP contribution in [0, 0.1) is 5.41 Å². The first kappa shape index (κ1) is 11.6. The standard InChI is InChI=1S/C12H20N2O2/c1-12(2,3)7-13-9-6-10(15)14(11(9)16)8-4-5-8/h8-9,13H,4-7H2,1-3H3. The number of imide groups is 1. The molecule has 0 aromatic heterocycles. The van der Waals surface area contributed by atoms with Crippen molar-refractivity contribution in [3.63, 3.8) is 0 Å². The summed E-state index contributed by atoms with van der Waals surface area (Å²) in [5, 5.41) is 3.20.